The topological polar surface area (TPSA) is 96.4 Å². The molecule has 36 heavy (non-hydrogen) atoms. The molecular formula is C28H38FN5O2. The van der Waals surface area contributed by atoms with Gasteiger partial charge in [0.1, 0.15) is 17.7 Å². The molecule has 1 saturated heterocycles. The Morgan fingerprint density at radius 2 is 2.08 bits per heavy atom. The number of hydrazine groups is 1. The lowest BCUT2D eigenvalue weighted by molar-refractivity contribution is 0.122. The number of aliphatic hydroxyl groups is 1. The van der Waals surface area contributed by atoms with Crippen LogP contribution in [-0.2, 0) is 6.42 Å². The second-order valence-electron chi connectivity index (χ2n) is 11.3. The SMILES string of the molecule is CCc1cc(O)ccc1C1CCC2C(c3ncc(C4=CCCN(CCC5(O)CC5)C4)[nH]3)NNC2C1F. The van der Waals surface area contributed by atoms with Crippen LogP contribution in [0.1, 0.15) is 80.1 Å². The summed E-state index contributed by atoms with van der Waals surface area (Å²) in [6.45, 7) is 4.86. The van der Waals surface area contributed by atoms with E-state index < -0.39 is 11.8 Å². The molecule has 5 unspecified atom stereocenters. The van der Waals surface area contributed by atoms with E-state index >= 15 is 4.39 Å². The third kappa shape index (κ3) is 4.60. The van der Waals surface area contributed by atoms with Gasteiger partial charge in [0.25, 0.3) is 0 Å². The van der Waals surface area contributed by atoms with Gasteiger partial charge in [0, 0.05) is 31.5 Å². The minimum absolute atomic E-state index is 0.0576. The highest BCUT2D eigenvalue weighted by Crippen LogP contribution is 2.46. The van der Waals surface area contributed by atoms with Gasteiger partial charge in [-0.15, -0.1) is 0 Å². The third-order valence-corrected chi connectivity index (χ3v) is 8.93. The molecule has 194 valence electrons. The molecule has 0 radical (unpaired) electrons. The number of alkyl halides is 1. The van der Waals surface area contributed by atoms with Crippen LogP contribution in [0.4, 0.5) is 4.39 Å². The van der Waals surface area contributed by atoms with Gasteiger partial charge in [-0.2, -0.15) is 0 Å². The van der Waals surface area contributed by atoms with Crippen molar-refractivity contribution >= 4 is 5.57 Å². The van der Waals surface area contributed by atoms with E-state index in [0.717, 1.165) is 87.2 Å². The maximum Gasteiger partial charge on any atom is 0.125 e. The summed E-state index contributed by atoms with van der Waals surface area (Å²) in [7, 11) is 0. The van der Waals surface area contributed by atoms with Crippen LogP contribution in [0, 0.1) is 5.92 Å². The molecule has 7 nitrogen and oxygen atoms in total. The van der Waals surface area contributed by atoms with Crippen LogP contribution in [0.2, 0.25) is 0 Å². The van der Waals surface area contributed by atoms with Crippen LogP contribution >= 0.6 is 0 Å². The number of imidazole rings is 1. The highest BCUT2D eigenvalue weighted by molar-refractivity contribution is 5.64. The number of hydrogen-bond acceptors (Lipinski definition) is 6. The van der Waals surface area contributed by atoms with Gasteiger partial charge < -0.3 is 15.2 Å². The zero-order valence-electron chi connectivity index (χ0n) is 21.0. The highest BCUT2D eigenvalue weighted by atomic mass is 19.1. The van der Waals surface area contributed by atoms with Crippen molar-refractivity contribution in [2.45, 2.75) is 81.6 Å². The first kappa shape index (κ1) is 24.1. The molecular weight excluding hydrogens is 457 g/mol. The number of aromatic nitrogens is 2. The third-order valence-electron chi connectivity index (χ3n) is 8.93. The first-order chi connectivity index (χ1) is 17.4. The predicted molar refractivity (Wildman–Crippen MR) is 137 cm³/mol. The Morgan fingerprint density at radius 3 is 2.89 bits per heavy atom. The van der Waals surface area contributed by atoms with E-state index in [1.54, 1.807) is 12.1 Å². The molecule has 5 atom stereocenters. The van der Waals surface area contributed by atoms with E-state index in [1.165, 1.54) is 5.57 Å². The Balaban J connectivity index is 1.12. The molecule has 0 amide bonds. The minimum atomic E-state index is -1.01. The number of nitrogens with zero attached hydrogens (tertiary/aromatic N) is 2. The van der Waals surface area contributed by atoms with Gasteiger partial charge in [0.05, 0.1) is 29.6 Å². The van der Waals surface area contributed by atoms with Crippen LogP contribution in [0.15, 0.2) is 30.5 Å². The Morgan fingerprint density at radius 1 is 1.22 bits per heavy atom. The summed E-state index contributed by atoms with van der Waals surface area (Å²) in [6, 6.07) is 5.01. The number of phenolic OH excluding ortho intramolecular Hbond substituents is 1. The lowest BCUT2D eigenvalue weighted by Crippen LogP contribution is -2.45. The van der Waals surface area contributed by atoms with Crippen molar-refractivity contribution in [1.82, 2.24) is 25.7 Å². The standard InChI is InChI=1S/C28H38FN5O2/c1-2-17-14-19(35)5-6-20(17)21-7-8-22-25(24(21)29)32-33-26(22)27-30-15-23(31-27)18-4-3-12-34(16-18)13-11-28(36)9-10-28/h4-6,14-15,21-22,24-26,32-33,35-36H,2-3,7-13,16H2,1H3,(H,30,31). The lowest BCUT2D eigenvalue weighted by Gasteiger charge is -2.36. The molecule has 0 bridgehead atoms. The maximum absolute atomic E-state index is 15.9. The molecule has 5 N–H and O–H groups in total. The largest absolute Gasteiger partial charge is 0.508 e. The summed E-state index contributed by atoms with van der Waals surface area (Å²) < 4.78 is 15.9. The number of fused-ring (bicyclic) bond motifs is 1. The van der Waals surface area contributed by atoms with Crippen molar-refractivity contribution in [3.8, 4) is 5.75 Å². The van der Waals surface area contributed by atoms with E-state index in [-0.39, 0.29) is 29.7 Å². The molecule has 6 rings (SSSR count). The van der Waals surface area contributed by atoms with Crippen LogP contribution < -0.4 is 10.9 Å². The van der Waals surface area contributed by atoms with Gasteiger partial charge in [0.2, 0.25) is 0 Å². The number of rotatable bonds is 7. The highest BCUT2D eigenvalue weighted by Gasteiger charge is 2.48. The summed E-state index contributed by atoms with van der Waals surface area (Å²) in [5.74, 6) is 1.05. The fourth-order valence-electron chi connectivity index (χ4n) is 6.52. The molecule has 1 aromatic carbocycles. The fraction of sp³-hybridized carbons (Fsp3) is 0.607. The van der Waals surface area contributed by atoms with Crippen LogP contribution in [0.25, 0.3) is 5.57 Å². The molecule has 2 aromatic rings. The summed E-state index contributed by atoms with van der Waals surface area (Å²) in [5.41, 5.74) is 10.5. The average molecular weight is 496 g/mol. The number of aromatic amines is 1. The second kappa shape index (κ2) is 9.56. The zero-order chi connectivity index (χ0) is 24.9. The van der Waals surface area contributed by atoms with Crippen molar-refractivity contribution in [3.63, 3.8) is 0 Å². The monoisotopic (exact) mass is 495 g/mol. The van der Waals surface area contributed by atoms with Crippen LogP contribution in [-0.4, -0.2) is 62.5 Å². The number of phenols is 1. The number of nitrogens with one attached hydrogen (secondary N) is 3. The van der Waals surface area contributed by atoms with E-state index in [1.807, 2.05) is 19.2 Å². The first-order valence-corrected chi connectivity index (χ1v) is 13.6. The first-order valence-electron chi connectivity index (χ1n) is 13.6. The van der Waals surface area contributed by atoms with Crippen molar-refractivity contribution in [3.05, 3.63) is 53.1 Å². The van der Waals surface area contributed by atoms with E-state index in [9.17, 15) is 10.2 Å². The van der Waals surface area contributed by atoms with Crippen LogP contribution in [0.3, 0.4) is 0 Å². The normalized spacial score (nSPS) is 31.8. The summed E-state index contributed by atoms with van der Waals surface area (Å²) in [5, 5.41) is 20.1. The summed E-state index contributed by atoms with van der Waals surface area (Å²) in [6.07, 6.45) is 9.37. The molecule has 3 heterocycles. The molecule has 1 aromatic heterocycles. The second-order valence-corrected chi connectivity index (χ2v) is 11.3. The number of hydrogen-bond donors (Lipinski definition) is 5. The molecule has 2 aliphatic heterocycles. The van der Waals surface area contributed by atoms with E-state index in [2.05, 4.69) is 26.8 Å². The van der Waals surface area contributed by atoms with Crippen molar-refractivity contribution in [1.29, 1.82) is 0 Å². The van der Waals surface area contributed by atoms with Gasteiger partial charge in [-0.1, -0.05) is 19.1 Å². The summed E-state index contributed by atoms with van der Waals surface area (Å²) >= 11 is 0. The van der Waals surface area contributed by atoms with Gasteiger partial charge in [-0.3, -0.25) is 10.3 Å². The zero-order valence-corrected chi connectivity index (χ0v) is 21.0. The molecule has 8 heteroatoms. The lowest BCUT2D eigenvalue weighted by atomic mass is 9.71. The molecule has 4 aliphatic rings. The van der Waals surface area contributed by atoms with Gasteiger partial charge in [-0.25, -0.2) is 14.8 Å². The number of H-pyrrole nitrogens is 1. The predicted octanol–water partition coefficient (Wildman–Crippen LogP) is 3.73. The molecule has 2 aliphatic carbocycles. The number of aromatic hydroxyl groups is 1. The number of halogens is 1. The van der Waals surface area contributed by atoms with Gasteiger partial charge in [-0.05, 0) is 73.8 Å². The number of aryl methyl sites for hydroxylation is 1. The molecule has 3 fully saturated rings. The Labute approximate surface area is 212 Å². The molecule has 0 spiro atoms. The van der Waals surface area contributed by atoms with Crippen LogP contribution in [0.5, 0.6) is 5.75 Å². The number of benzene rings is 1. The Kier molecular flexibility index (Phi) is 6.40. The van der Waals surface area contributed by atoms with E-state index in [4.69, 9.17) is 4.98 Å². The smallest absolute Gasteiger partial charge is 0.125 e. The maximum atomic E-state index is 15.9. The van der Waals surface area contributed by atoms with Crippen molar-refractivity contribution in [2.75, 3.05) is 19.6 Å². The van der Waals surface area contributed by atoms with Gasteiger partial charge in [0.15, 0.2) is 0 Å². The van der Waals surface area contributed by atoms with Crippen molar-refractivity contribution in [2.24, 2.45) is 5.92 Å². The quantitative estimate of drug-likeness (QED) is 0.402. The Hall–Kier alpha value is -2.26. The van der Waals surface area contributed by atoms with E-state index in [0.29, 0.717) is 0 Å². The van der Waals surface area contributed by atoms with Crippen molar-refractivity contribution < 1.29 is 14.6 Å². The molecule has 2 saturated carbocycles. The summed E-state index contributed by atoms with van der Waals surface area (Å²) in [4.78, 5) is 10.7. The average Bonchev–Trinajstić information content (AvgIpc) is 3.26. The fourth-order valence-corrected chi connectivity index (χ4v) is 6.52. The minimum Gasteiger partial charge on any atom is -0.508 e. The van der Waals surface area contributed by atoms with Gasteiger partial charge >= 0.3 is 0 Å². The Bertz CT molecular complexity index is 1130.